The van der Waals surface area contributed by atoms with Crippen molar-refractivity contribution in [1.29, 1.82) is 0 Å². The molecule has 14 rings (SSSR count). The molecule has 51 heteroatoms. The minimum atomic E-state index is -1.24. The Bertz CT molecular complexity index is 6830. The van der Waals surface area contributed by atoms with Crippen molar-refractivity contribution in [3.8, 4) is 34.5 Å². The molecular weight excluding hydrogens is 2140 g/mol. The Morgan fingerprint density at radius 3 is 1.33 bits per heavy atom. The molecule has 0 spiro atoms. The van der Waals surface area contributed by atoms with Crippen molar-refractivity contribution in [2.24, 2.45) is 11.8 Å². The molecule has 7 unspecified atom stereocenters. The second-order valence-corrected chi connectivity index (χ2v) is 45.7. The fraction of sp³-hybridized carbons (Fsp3) is 0.319. The van der Waals surface area contributed by atoms with E-state index in [0.717, 1.165) is 78.7 Å². The van der Waals surface area contributed by atoms with Gasteiger partial charge in [0.25, 0.3) is 35.4 Å². The molecule has 2 aliphatic rings. The van der Waals surface area contributed by atoms with Crippen molar-refractivity contribution in [3.63, 3.8) is 0 Å². The summed E-state index contributed by atoms with van der Waals surface area (Å²) in [5, 5.41) is 54.9. The number of unbranched alkanes of at least 4 members (excludes halogenated alkanes) is 1. The van der Waals surface area contributed by atoms with Crippen LogP contribution in [0, 0.1) is 46.5 Å². The number of aromatic hydroxyl groups is 1. The molecule has 768 valence electrons. The van der Waals surface area contributed by atoms with Gasteiger partial charge in [-0.3, -0.25) is 95.5 Å². The first-order valence-electron chi connectivity index (χ1n) is 43.5. The van der Waals surface area contributed by atoms with Gasteiger partial charge < -0.3 is 44.1 Å². The van der Waals surface area contributed by atoms with Crippen LogP contribution in [-0.4, -0.2) is 195 Å². The third-order valence-corrected chi connectivity index (χ3v) is 30.3. The minimum Gasteiger partial charge on any atom is -0.872 e. The number of carbonyl (C=O) groups is 10. The number of aromatic nitrogens is 6. The van der Waals surface area contributed by atoms with Gasteiger partial charge in [-0.15, -0.1) is 68.0 Å². The molecule has 0 radical (unpaired) electrons. The summed E-state index contributed by atoms with van der Waals surface area (Å²) < 4.78 is 94.9. The number of phenols is 1. The summed E-state index contributed by atoms with van der Waals surface area (Å²) in [7, 11) is -5.62. The molecule has 0 bridgehead atoms. The van der Waals surface area contributed by atoms with Gasteiger partial charge in [0.2, 0.25) is 0 Å². The number of thiazole rings is 6. The first-order chi connectivity index (χ1) is 68.2. The van der Waals surface area contributed by atoms with Crippen LogP contribution in [-0.2, 0) is 79.1 Å². The molecule has 7 atom stereocenters. The predicted octanol–water partition coefficient (Wildman–Crippen LogP) is 14.3. The molecule has 1 saturated carbocycles. The van der Waals surface area contributed by atoms with E-state index in [2.05, 4.69) is 67.1 Å². The molecule has 1 saturated heterocycles. The van der Waals surface area contributed by atoms with E-state index in [1.165, 1.54) is 136 Å². The van der Waals surface area contributed by atoms with Crippen LogP contribution >= 0.6 is 79.6 Å². The molecule has 1 aliphatic carbocycles. The smallest absolute Gasteiger partial charge is 0.872 e. The maximum Gasteiger partial charge on any atom is 1.00 e. The zero-order valence-electron chi connectivity index (χ0n) is 81.8. The Kier molecular flexibility index (Phi) is 47.3. The minimum absolute atomic E-state index is 0. The van der Waals surface area contributed by atoms with Crippen molar-refractivity contribution in [2.75, 3.05) is 96.1 Å². The molecule has 7 heterocycles. The summed E-state index contributed by atoms with van der Waals surface area (Å²) in [5.41, 5.74) is 5.85. The van der Waals surface area contributed by atoms with Gasteiger partial charge in [-0.25, -0.2) is 39.5 Å². The number of carbonyl (C=O) groups excluding carboxylic acids is 10. The molecule has 6 aromatic carbocycles. The number of hydrogen-bond acceptors (Lipinski definition) is 36. The number of aryl methyl sites for hydroxylation is 5. The maximum absolute atomic E-state index is 12.9. The summed E-state index contributed by atoms with van der Waals surface area (Å²) in [6, 6.07) is 27.8. The zero-order chi connectivity index (χ0) is 106. The number of nitrogens with zero attached hydrogens (tertiary/aromatic N) is 7. The second kappa shape index (κ2) is 57.5. The summed E-state index contributed by atoms with van der Waals surface area (Å²) in [6.45, 7) is 19.9. The van der Waals surface area contributed by atoms with Crippen molar-refractivity contribution in [3.05, 3.63) is 207 Å². The van der Waals surface area contributed by atoms with Crippen molar-refractivity contribution < 1.29 is 137 Å². The number of para-hydroxylation sites is 2. The SMILES string of the molecule is CC(C)OC(=O)Oc1cc(C2CC2)ccc1C(=O)Nc1nc(S(C)=O)cs1.CCCCN(C)C(=O)Oc1ccc(Cl)cc1C(=O)Nc1nc(S(C)=O)cs1.Cc1cc(C)c(OC(=O)C2CCCNC2)c(C(=O)Nc2nc(S(C)=O)cs2)c1.Cc1ccc(C(=O)Nc2nc(S(C)=O)cs2)c([O-])c1.Cc1cccc(C(=O)Nc2nc(S(C)=O)cs2)c1O.Cc1cccc(C(=O)Nc2nc(S(C)=O)cs2)c1OC(=O)C(C)C.[Na+]. The summed E-state index contributed by atoms with van der Waals surface area (Å²) in [6.07, 6.45) is 13.0. The topological polar surface area (TPSA) is 527 Å². The normalized spacial score (nSPS) is 13.5. The number of phenolic OH excluding ortho intramolecular Hbond substituents is 1. The number of rotatable bonds is 29. The van der Waals surface area contributed by atoms with E-state index in [1.54, 1.807) is 142 Å². The van der Waals surface area contributed by atoms with E-state index in [9.17, 15) is 83.4 Å². The van der Waals surface area contributed by atoms with Crippen LogP contribution in [0.1, 0.15) is 175 Å². The fourth-order valence-corrected chi connectivity index (χ4v) is 21.6. The van der Waals surface area contributed by atoms with E-state index < -0.39 is 118 Å². The summed E-state index contributed by atoms with van der Waals surface area (Å²) in [4.78, 5) is 149. The van der Waals surface area contributed by atoms with Crippen LogP contribution in [0.15, 0.2) is 166 Å². The molecule has 37 nitrogen and oxygen atoms in total. The number of esters is 2. The average Bonchev–Trinajstić information content (AvgIpc) is 1.55. The Hall–Kier alpha value is -10.9. The van der Waals surface area contributed by atoms with E-state index in [4.69, 9.17) is 35.3 Å². The third-order valence-electron chi connectivity index (χ3n) is 19.8. The van der Waals surface area contributed by atoms with Crippen LogP contribution in [0.4, 0.5) is 40.4 Å². The number of ether oxygens (including phenoxy) is 5. The first-order valence-corrected chi connectivity index (χ1v) is 58.5. The van der Waals surface area contributed by atoms with E-state index in [0.29, 0.717) is 96.1 Å². The van der Waals surface area contributed by atoms with Crippen LogP contribution < -0.4 is 90.8 Å². The monoisotopic (exact) mass is 2240 g/mol. The van der Waals surface area contributed by atoms with Crippen molar-refractivity contribution in [1.82, 2.24) is 40.1 Å². The molecule has 1 aliphatic heterocycles. The zero-order valence-corrected chi connectivity index (χ0v) is 94.3. The van der Waals surface area contributed by atoms with E-state index >= 15 is 0 Å². The van der Waals surface area contributed by atoms with Crippen LogP contribution in [0.2, 0.25) is 5.02 Å². The Labute approximate surface area is 902 Å². The summed E-state index contributed by atoms with van der Waals surface area (Å²) >= 11 is 13.1. The number of nitrogens with one attached hydrogen (secondary N) is 7. The molecule has 2 fully saturated rings. The van der Waals surface area contributed by atoms with E-state index in [1.807, 2.05) is 32.9 Å². The Morgan fingerprint density at radius 2 is 0.903 bits per heavy atom. The number of hydrogen-bond donors (Lipinski definition) is 8. The maximum atomic E-state index is 12.9. The van der Waals surface area contributed by atoms with Crippen LogP contribution in [0.5, 0.6) is 34.5 Å². The van der Waals surface area contributed by atoms with Gasteiger partial charge >= 0.3 is 53.7 Å². The standard InChI is InChI=1S/C19H23N3O4S2.C18H20N2O5S2.C17H20ClN3O4S2.C16H18N2O4S2.2C12H12N2O3S2.Na/c1-11-7-12(2)16(26-18(24)13-5-4-6-20-9-13)14(8-11)17(23)22-19-21-15(10-27-19)28(3)25;1-10(2)24-18(22)25-14-8-12(11-4-5-11)6-7-13(14)16(21)20-17-19-15(9-26-17)27(3)23;1-4-5-8-21(2)17(23)25-13-7-6-11(18)9-12(13)15(22)20-16-19-14(10-26-16)27(3)24;1-9(2)15(20)22-13-10(3)6-5-7-11(13)14(19)18-16-17-12(8-23-16)24(4)21;1-7-3-4-8(9(15)5-7)11(16)14-12-13-10(6-18-12)19(2)17;1-7-4-3-5-8(10(7)15)11(16)14-12-13-9(6-18-12)19(2)17;/h7-8,10,13,20H,4-6,9H2,1-3H3,(H,21,22,23);6-11H,4-5H2,1-3H3,(H,19,20,21);6-7,9-10H,4-5,8H2,1-3H3,(H,19,20,22);5-9H,1-4H3,(H,17,18,19);2*3-6,15H,1-2H3,(H,13,14,16);/q;;;;;;+1/p-1. The van der Waals surface area contributed by atoms with Gasteiger partial charge in [-0.1, -0.05) is 98.6 Å². The number of piperidine rings is 1. The molecule has 145 heavy (non-hydrogen) atoms. The molecular formula is C94H104ClN14NaO23S12. The quantitative estimate of drug-likeness (QED) is 0.00934. The molecule has 6 aromatic heterocycles. The van der Waals surface area contributed by atoms with Gasteiger partial charge in [-0.2, -0.15) is 0 Å². The molecule has 7 amide bonds. The van der Waals surface area contributed by atoms with Crippen molar-refractivity contribution in [2.45, 2.75) is 150 Å². The largest absolute Gasteiger partial charge is 1.00 e. The number of anilines is 6. The third kappa shape index (κ3) is 36.9. The van der Waals surface area contributed by atoms with Crippen LogP contribution in [0.3, 0.4) is 0 Å². The first kappa shape index (κ1) is 119. The molecule has 8 N–H and O–H groups in total. The predicted molar refractivity (Wildman–Crippen MR) is 562 cm³/mol. The number of halogens is 1. The van der Waals surface area contributed by atoms with Gasteiger partial charge in [0, 0.05) is 101 Å². The average molecular weight is 2240 g/mol. The summed E-state index contributed by atoms with van der Waals surface area (Å²) in [5.74, 6) is -3.22. The van der Waals surface area contributed by atoms with Gasteiger partial charge in [0.05, 0.1) is 111 Å². The van der Waals surface area contributed by atoms with Crippen molar-refractivity contribution >= 4 is 235 Å². The number of benzene rings is 6. The van der Waals surface area contributed by atoms with Gasteiger partial charge in [0.1, 0.15) is 58.9 Å². The second-order valence-electron chi connectivity index (χ2n) is 32.1. The number of amides is 7. The Balaban J connectivity index is 0.000000213. The van der Waals surface area contributed by atoms with E-state index in [-0.39, 0.29) is 121 Å². The van der Waals surface area contributed by atoms with Gasteiger partial charge in [0.15, 0.2) is 30.8 Å². The van der Waals surface area contributed by atoms with Crippen LogP contribution in [0.25, 0.3) is 0 Å². The Morgan fingerprint density at radius 1 is 0.476 bits per heavy atom. The molecule has 12 aromatic rings. The van der Waals surface area contributed by atoms with Gasteiger partial charge in [-0.05, 0) is 175 Å². The fourth-order valence-electron chi connectivity index (χ4n) is 12.2.